The summed E-state index contributed by atoms with van der Waals surface area (Å²) in [6.45, 7) is 2.95. The lowest BCUT2D eigenvalue weighted by molar-refractivity contribution is -0.133. The Morgan fingerprint density at radius 1 is 1.08 bits per heavy atom. The molecular formula is C21H31FN2O. The molecule has 0 atom stereocenters. The highest BCUT2D eigenvalue weighted by Crippen LogP contribution is 2.26. The molecule has 2 aliphatic rings. The second-order valence-corrected chi connectivity index (χ2v) is 7.63. The number of nitrogens with one attached hydrogen (secondary N) is 1. The zero-order valence-electron chi connectivity index (χ0n) is 15.2. The molecule has 0 unspecified atom stereocenters. The smallest absolute Gasteiger partial charge is 0.222 e. The molecule has 0 spiro atoms. The Labute approximate surface area is 151 Å². The van der Waals surface area contributed by atoms with Gasteiger partial charge in [-0.05, 0) is 75.2 Å². The largest absolute Gasteiger partial charge is 0.339 e. The molecule has 3 nitrogen and oxygen atoms in total. The fraction of sp³-hybridized carbons (Fsp3) is 0.667. The highest BCUT2D eigenvalue weighted by Gasteiger charge is 2.26. The van der Waals surface area contributed by atoms with Crippen LogP contribution >= 0.6 is 0 Å². The van der Waals surface area contributed by atoms with Crippen molar-refractivity contribution in [2.75, 3.05) is 19.6 Å². The van der Waals surface area contributed by atoms with Crippen LogP contribution in [0.15, 0.2) is 24.3 Å². The van der Waals surface area contributed by atoms with Crippen LogP contribution in [-0.4, -0.2) is 36.5 Å². The van der Waals surface area contributed by atoms with E-state index in [1.807, 2.05) is 12.1 Å². The highest BCUT2D eigenvalue weighted by atomic mass is 19.1. The van der Waals surface area contributed by atoms with E-state index in [1.54, 1.807) is 0 Å². The number of carbonyl (C=O) groups is 1. The average Bonchev–Trinajstić information content (AvgIpc) is 3.17. The zero-order valence-corrected chi connectivity index (χ0v) is 15.2. The van der Waals surface area contributed by atoms with Crippen LogP contribution in [0.5, 0.6) is 0 Å². The molecule has 1 amide bonds. The Morgan fingerprint density at radius 3 is 2.44 bits per heavy atom. The van der Waals surface area contributed by atoms with E-state index in [0.29, 0.717) is 24.3 Å². The monoisotopic (exact) mass is 346 g/mol. The van der Waals surface area contributed by atoms with Crippen LogP contribution in [0.25, 0.3) is 0 Å². The molecule has 1 aromatic rings. The molecule has 1 aliphatic carbocycles. The zero-order chi connectivity index (χ0) is 17.5. The molecule has 1 heterocycles. The molecule has 0 aromatic heterocycles. The van der Waals surface area contributed by atoms with Gasteiger partial charge in [-0.15, -0.1) is 0 Å². The molecule has 1 saturated carbocycles. The first kappa shape index (κ1) is 18.4. The normalized spacial score (nSPS) is 19.2. The van der Waals surface area contributed by atoms with Crippen molar-refractivity contribution in [2.45, 2.75) is 63.8 Å². The lowest BCUT2D eigenvalue weighted by atomic mass is 9.93. The van der Waals surface area contributed by atoms with Gasteiger partial charge < -0.3 is 10.2 Å². The number of hydrogen-bond donors (Lipinski definition) is 1. The SMILES string of the molecule is O=C(CCC1CCNCC1)N(CCc1ccc(F)cc1)C1CCCC1. The summed E-state index contributed by atoms with van der Waals surface area (Å²) in [4.78, 5) is 15.0. The number of carbonyl (C=O) groups excluding carboxylic acids is 1. The van der Waals surface area contributed by atoms with Gasteiger partial charge in [0.05, 0.1) is 0 Å². The number of rotatable bonds is 7. The van der Waals surface area contributed by atoms with Crippen LogP contribution in [0.2, 0.25) is 0 Å². The van der Waals surface area contributed by atoms with Crippen LogP contribution < -0.4 is 5.32 Å². The van der Waals surface area contributed by atoms with E-state index in [-0.39, 0.29) is 5.82 Å². The predicted molar refractivity (Wildman–Crippen MR) is 98.9 cm³/mol. The molecule has 2 fully saturated rings. The minimum absolute atomic E-state index is 0.200. The Bertz CT molecular complexity index is 533. The quantitative estimate of drug-likeness (QED) is 0.811. The molecule has 0 radical (unpaired) electrons. The van der Waals surface area contributed by atoms with Crippen molar-refractivity contribution < 1.29 is 9.18 Å². The molecule has 0 bridgehead atoms. The predicted octanol–water partition coefficient (Wildman–Crippen LogP) is 3.92. The van der Waals surface area contributed by atoms with Crippen LogP contribution in [0, 0.1) is 11.7 Å². The Balaban J connectivity index is 1.54. The molecule has 3 rings (SSSR count). The van der Waals surface area contributed by atoms with E-state index in [0.717, 1.165) is 50.9 Å². The van der Waals surface area contributed by atoms with E-state index >= 15 is 0 Å². The minimum atomic E-state index is -0.200. The number of piperidine rings is 1. The van der Waals surface area contributed by atoms with Gasteiger partial charge in [0.25, 0.3) is 0 Å². The van der Waals surface area contributed by atoms with Crippen molar-refractivity contribution in [1.82, 2.24) is 10.2 Å². The first-order valence-electron chi connectivity index (χ1n) is 9.97. The summed E-state index contributed by atoms with van der Waals surface area (Å²) in [5, 5.41) is 3.39. The number of nitrogens with zero attached hydrogens (tertiary/aromatic N) is 1. The van der Waals surface area contributed by atoms with Crippen molar-refractivity contribution in [3.8, 4) is 0 Å². The number of hydrogen-bond acceptors (Lipinski definition) is 2. The van der Waals surface area contributed by atoms with Crippen molar-refractivity contribution in [3.05, 3.63) is 35.6 Å². The lowest BCUT2D eigenvalue weighted by Gasteiger charge is -2.30. The number of amides is 1. The summed E-state index contributed by atoms with van der Waals surface area (Å²) in [5.41, 5.74) is 1.11. The van der Waals surface area contributed by atoms with Gasteiger partial charge in [0.15, 0.2) is 0 Å². The van der Waals surface area contributed by atoms with Gasteiger partial charge in [0, 0.05) is 19.0 Å². The maximum Gasteiger partial charge on any atom is 0.222 e. The standard InChI is InChI=1S/C21H31FN2O/c22-19-8-5-17(6-9-19)13-16-24(20-3-1-2-4-20)21(25)10-7-18-11-14-23-15-12-18/h5-6,8-9,18,20,23H,1-4,7,10-16H2. The van der Waals surface area contributed by atoms with E-state index in [2.05, 4.69) is 10.2 Å². The van der Waals surface area contributed by atoms with E-state index in [4.69, 9.17) is 0 Å². The molecule has 25 heavy (non-hydrogen) atoms. The van der Waals surface area contributed by atoms with Gasteiger partial charge in [-0.3, -0.25) is 4.79 Å². The molecule has 1 saturated heterocycles. The fourth-order valence-electron chi connectivity index (χ4n) is 4.27. The molecule has 1 N–H and O–H groups in total. The number of halogens is 1. The first-order valence-corrected chi connectivity index (χ1v) is 9.97. The van der Waals surface area contributed by atoms with Crippen LogP contribution in [0.1, 0.15) is 56.9 Å². The molecule has 1 aliphatic heterocycles. The van der Waals surface area contributed by atoms with Gasteiger partial charge in [0.1, 0.15) is 5.82 Å². The third-order valence-corrected chi connectivity index (χ3v) is 5.87. The summed E-state index contributed by atoms with van der Waals surface area (Å²) >= 11 is 0. The molecular weight excluding hydrogens is 315 g/mol. The third kappa shape index (κ3) is 5.53. The molecule has 138 valence electrons. The summed E-state index contributed by atoms with van der Waals surface area (Å²) in [6, 6.07) is 7.10. The maximum absolute atomic E-state index is 13.1. The Morgan fingerprint density at radius 2 is 1.76 bits per heavy atom. The second kappa shape index (κ2) is 9.33. The van der Waals surface area contributed by atoms with E-state index < -0.39 is 0 Å². The van der Waals surface area contributed by atoms with Crippen LogP contribution in [-0.2, 0) is 11.2 Å². The number of benzene rings is 1. The topological polar surface area (TPSA) is 32.3 Å². The minimum Gasteiger partial charge on any atom is -0.339 e. The van der Waals surface area contributed by atoms with Crippen molar-refractivity contribution in [1.29, 1.82) is 0 Å². The van der Waals surface area contributed by atoms with E-state index in [1.165, 1.54) is 37.8 Å². The highest BCUT2D eigenvalue weighted by molar-refractivity contribution is 5.76. The van der Waals surface area contributed by atoms with Gasteiger partial charge in [0.2, 0.25) is 5.91 Å². The van der Waals surface area contributed by atoms with Gasteiger partial charge in [-0.1, -0.05) is 25.0 Å². The Hall–Kier alpha value is -1.42. The molecule has 4 heteroatoms. The Kier molecular flexibility index (Phi) is 6.85. The summed E-state index contributed by atoms with van der Waals surface area (Å²) in [7, 11) is 0. The first-order chi connectivity index (χ1) is 12.2. The average molecular weight is 346 g/mol. The van der Waals surface area contributed by atoms with Crippen LogP contribution in [0.4, 0.5) is 4.39 Å². The van der Waals surface area contributed by atoms with Gasteiger partial charge >= 0.3 is 0 Å². The third-order valence-electron chi connectivity index (χ3n) is 5.87. The van der Waals surface area contributed by atoms with Crippen LogP contribution in [0.3, 0.4) is 0 Å². The fourth-order valence-corrected chi connectivity index (χ4v) is 4.27. The van der Waals surface area contributed by atoms with Crippen molar-refractivity contribution in [2.24, 2.45) is 5.92 Å². The van der Waals surface area contributed by atoms with Crippen molar-refractivity contribution in [3.63, 3.8) is 0 Å². The maximum atomic E-state index is 13.1. The van der Waals surface area contributed by atoms with E-state index in [9.17, 15) is 9.18 Å². The summed E-state index contributed by atoms with van der Waals surface area (Å²) in [6.07, 6.45) is 9.68. The molecule has 1 aromatic carbocycles. The van der Waals surface area contributed by atoms with Crippen molar-refractivity contribution >= 4 is 5.91 Å². The summed E-state index contributed by atoms with van der Waals surface area (Å²) in [5.74, 6) is 0.828. The lowest BCUT2D eigenvalue weighted by Crippen LogP contribution is -2.40. The second-order valence-electron chi connectivity index (χ2n) is 7.63. The van der Waals surface area contributed by atoms with Gasteiger partial charge in [-0.2, -0.15) is 0 Å². The van der Waals surface area contributed by atoms with Gasteiger partial charge in [-0.25, -0.2) is 4.39 Å². The summed E-state index contributed by atoms with van der Waals surface area (Å²) < 4.78 is 13.1.